The Morgan fingerprint density at radius 2 is 1.77 bits per heavy atom. The summed E-state index contributed by atoms with van der Waals surface area (Å²) >= 11 is 12.0. The van der Waals surface area contributed by atoms with Gasteiger partial charge in [-0.25, -0.2) is 0 Å². The van der Waals surface area contributed by atoms with Gasteiger partial charge in [0.05, 0.1) is 4.92 Å². The predicted octanol–water partition coefficient (Wildman–Crippen LogP) is 4.55. The Kier molecular flexibility index (Phi) is 5.14. The van der Waals surface area contributed by atoms with E-state index in [9.17, 15) is 14.9 Å². The second-order valence-corrected chi connectivity index (χ2v) is 5.08. The molecule has 2 aromatic carbocycles. The highest BCUT2D eigenvalue weighted by molar-refractivity contribution is 6.37. The number of nitro benzene ring substituents is 1. The standard InChI is InChI=1S/C15H10Cl2N2O3/c16-13-5-2-6-14(17)12(13)7-8-15(20)18-10-3-1-4-11(9-10)19(21)22/h1-9H,(H,18,20). The highest BCUT2D eigenvalue weighted by atomic mass is 35.5. The van der Waals surface area contributed by atoms with E-state index in [1.165, 1.54) is 30.4 Å². The molecule has 1 amide bonds. The number of nitro groups is 1. The number of hydrogen-bond donors (Lipinski definition) is 1. The molecule has 0 fully saturated rings. The molecule has 0 spiro atoms. The van der Waals surface area contributed by atoms with Gasteiger partial charge < -0.3 is 5.32 Å². The molecule has 5 nitrogen and oxygen atoms in total. The highest BCUT2D eigenvalue weighted by Gasteiger charge is 2.07. The summed E-state index contributed by atoms with van der Waals surface area (Å²) in [4.78, 5) is 22.0. The summed E-state index contributed by atoms with van der Waals surface area (Å²) in [6.07, 6.45) is 2.74. The van der Waals surface area contributed by atoms with E-state index in [4.69, 9.17) is 23.2 Å². The first-order valence-corrected chi connectivity index (χ1v) is 6.90. The lowest BCUT2D eigenvalue weighted by molar-refractivity contribution is -0.384. The molecule has 7 heteroatoms. The Morgan fingerprint density at radius 3 is 2.41 bits per heavy atom. The van der Waals surface area contributed by atoms with Crippen molar-refractivity contribution in [2.24, 2.45) is 0 Å². The quantitative estimate of drug-likeness (QED) is 0.505. The van der Waals surface area contributed by atoms with Gasteiger partial charge in [-0.15, -0.1) is 0 Å². The molecule has 0 unspecified atom stereocenters. The third-order valence-corrected chi connectivity index (χ3v) is 3.38. The molecule has 0 atom stereocenters. The minimum absolute atomic E-state index is 0.101. The maximum atomic E-state index is 11.8. The fourth-order valence-corrected chi connectivity index (χ4v) is 2.23. The molecule has 2 rings (SSSR count). The monoisotopic (exact) mass is 336 g/mol. The fraction of sp³-hybridized carbons (Fsp3) is 0. The number of carbonyl (C=O) groups excluding carboxylic acids is 1. The lowest BCUT2D eigenvalue weighted by Crippen LogP contribution is -2.07. The van der Waals surface area contributed by atoms with Gasteiger partial charge in [0.25, 0.3) is 5.69 Å². The first kappa shape index (κ1) is 16.0. The molecule has 0 radical (unpaired) electrons. The third kappa shape index (κ3) is 4.07. The van der Waals surface area contributed by atoms with Crippen molar-refractivity contribution in [2.45, 2.75) is 0 Å². The number of halogens is 2. The highest BCUT2D eigenvalue weighted by Crippen LogP contribution is 2.25. The van der Waals surface area contributed by atoms with Gasteiger partial charge in [0, 0.05) is 39.5 Å². The molecule has 0 heterocycles. The number of nitrogens with one attached hydrogen (secondary N) is 1. The van der Waals surface area contributed by atoms with Gasteiger partial charge in [0.2, 0.25) is 5.91 Å². The zero-order valence-electron chi connectivity index (χ0n) is 11.1. The van der Waals surface area contributed by atoms with Gasteiger partial charge in [-0.3, -0.25) is 14.9 Å². The molecule has 112 valence electrons. The largest absolute Gasteiger partial charge is 0.322 e. The number of hydrogen-bond acceptors (Lipinski definition) is 3. The Labute approximate surface area is 136 Å². The first-order chi connectivity index (χ1) is 10.5. The number of benzene rings is 2. The van der Waals surface area contributed by atoms with Gasteiger partial charge in [0.15, 0.2) is 0 Å². The summed E-state index contributed by atoms with van der Waals surface area (Å²) in [5.74, 6) is -0.448. The summed E-state index contributed by atoms with van der Waals surface area (Å²) in [6, 6.07) is 10.7. The van der Waals surface area contributed by atoms with Crippen LogP contribution in [-0.2, 0) is 4.79 Å². The van der Waals surface area contributed by atoms with E-state index in [1.54, 1.807) is 24.3 Å². The van der Waals surface area contributed by atoms with Gasteiger partial charge >= 0.3 is 0 Å². The van der Waals surface area contributed by atoms with Crippen LogP contribution in [0, 0.1) is 10.1 Å². The Morgan fingerprint density at radius 1 is 1.14 bits per heavy atom. The van der Waals surface area contributed by atoms with E-state index in [2.05, 4.69) is 5.32 Å². The molecular weight excluding hydrogens is 327 g/mol. The summed E-state index contributed by atoms with van der Waals surface area (Å²) < 4.78 is 0. The molecule has 0 aliphatic rings. The van der Waals surface area contributed by atoms with E-state index in [0.717, 1.165) is 0 Å². The molecule has 22 heavy (non-hydrogen) atoms. The normalized spacial score (nSPS) is 10.6. The fourth-order valence-electron chi connectivity index (χ4n) is 1.71. The van der Waals surface area contributed by atoms with Gasteiger partial charge in [-0.2, -0.15) is 0 Å². The van der Waals surface area contributed by atoms with Crippen LogP contribution in [0.5, 0.6) is 0 Å². The second-order valence-electron chi connectivity index (χ2n) is 4.27. The molecule has 0 saturated heterocycles. The van der Waals surface area contributed by atoms with Gasteiger partial charge in [-0.05, 0) is 24.3 Å². The maximum Gasteiger partial charge on any atom is 0.271 e. The molecule has 0 aromatic heterocycles. The van der Waals surface area contributed by atoms with Crippen molar-refractivity contribution in [1.82, 2.24) is 0 Å². The van der Waals surface area contributed by atoms with Crippen LogP contribution in [0.4, 0.5) is 11.4 Å². The zero-order valence-corrected chi connectivity index (χ0v) is 12.6. The zero-order chi connectivity index (χ0) is 16.1. The van der Waals surface area contributed by atoms with E-state index < -0.39 is 10.8 Å². The van der Waals surface area contributed by atoms with Crippen LogP contribution in [0.3, 0.4) is 0 Å². The van der Waals surface area contributed by atoms with Crippen LogP contribution in [0.15, 0.2) is 48.5 Å². The average molecular weight is 337 g/mol. The first-order valence-electron chi connectivity index (χ1n) is 6.15. The minimum atomic E-state index is -0.533. The minimum Gasteiger partial charge on any atom is -0.322 e. The Hall–Kier alpha value is -2.37. The number of anilines is 1. The number of nitrogens with zero attached hydrogens (tertiary/aromatic N) is 1. The summed E-state index contributed by atoms with van der Waals surface area (Å²) in [5.41, 5.74) is 0.755. The number of amides is 1. The van der Waals surface area contributed by atoms with Crippen LogP contribution in [0.25, 0.3) is 6.08 Å². The Bertz CT molecular complexity index is 740. The number of carbonyl (C=O) groups is 1. The molecular formula is C15H10Cl2N2O3. The summed E-state index contributed by atoms with van der Waals surface area (Å²) in [6.45, 7) is 0. The molecule has 0 saturated carbocycles. The predicted molar refractivity (Wildman–Crippen MR) is 87.2 cm³/mol. The van der Waals surface area contributed by atoms with Crippen LogP contribution in [0.2, 0.25) is 10.0 Å². The summed E-state index contributed by atoms with van der Waals surface area (Å²) in [7, 11) is 0. The van der Waals surface area contributed by atoms with Gasteiger partial charge in [-0.1, -0.05) is 35.3 Å². The second kappa shape index (κ2) is 7.06. The van der Waals surface area contributed by atoms with E-state index >= 15 is 0 Å². The topological polar surface area (TPSA) is 72.2 Å². The molecule has 0 aliphatic carbocycles. The number of rotatable bonds is 4. The van der Waals surface area contributed by atoms with E-state index in [0.29, 0.717) is 21.3 Å². The van der Waals surface area contributed by atoms with Crippen molar-refractivity contribution in [3.8, 4) is 0 Å². The SMILES string of the molecule is O=C(C=Cc1c(Cl)cccc1Cl)Nc1cccc([N+](=O)[O-])c1. The Balaban J connectivity index is 2.12. The molecule has 0 aliphatic heterocycles. The van der Waals surface area contributed by atoms with Crippen molar-refractivity contribution in [1.29, 1.82) is 0 Å². The van der Waals surface area contributed by atoms with E-state index in [-0.39, 0.29) is 5.69 Å². The van der Waals surface area contributed by atoms with Crippen LogP contribution >= 0.6 is 23.2 Å². The lowest BCUT2D eigenvalue weighted by Gasteiger charge is -2.03. The number of non-ortho nitro benzene ring substituents is 1. The molecule has 1 N–H and O–H groups in total. The lowest BCUT2D eigenvalue weighted by atomic mass is 10.2. The van der Waals surface area contributed by atoms with Crippen molar-refractivity contribution in [3.05, 3.63) is 74.3 Å². The smallest absolute Gasteiger partial charge is 0.271 e. The third-order valence-electron chi connectivity index (χ3n) is 2.73. The summed E-state index contributed by atoms with van der Waals surface area (Å²) in [5, 5.41) is 14.1. The van der Waals surface area contributed by atoms with Crippen LogP contribution in [0.1, 0.15) is 5.56 Å². The van der Waals surface area contributed by atoms with Crippen molar-refractivity contribution in [3.63, 3.8) is 0 Å². The molecule has 2 aromatic rings. The van der Waals surface area contributed by atoms with Crippen LogP contribution < -0.4 is 5.32 Å². The average Bonchev–Trinajstić information content (AvgIpc) is 2.47. The van der Waals surface area contributed by atoms with Crippen molar-refractivity contribution < 1.29 is 9.72 Å². The maximum absolute atomic E-state index is 11.8. The molecule has 0 bridgehead atoms. The van der Waals surface area contributed by atoms with Crippen molar-refractivity contribution in [2.75, 3.05) is 5.32 Å². The van der Waals surface area contributed by atoms with Crippen LogP contribution in [-0.4, -0.2) is 10.8 Å². The van der Waals surface area contributed by atoms with E-state index in [1.807, 2.05) is 0 Å². The van der Waals surface area contributed by atoms with Crippen molar-refractivity contribution >= 4 is 46.6 Å². The van der Waals surface area contributed by atoms with Gasteiger partial charge in [0.1, 0.15) is 0 Å².